The summed E-state index contributed by atoms with van der Waals surface area (Å²) in [5.74, 6) is 1.55. The van der Waals surface area contributed by atoms with Gasteiger partial charge in [0.15, 0.2) is 0 Å². The Hall–Kier alpha value is -1.09. The van der Waals surface area contributed by atoms with E-state index in [1.54, 1.807) is 5.57 Å². The number of nitrogens with one attached hydrogen (secondary N) is 1. The standard InChI is InChI=1S/C15H25N3/c1-12-5-4-6-13(2)15(12)11-16-9-7-14-8-10-17-18(14)3/h5,8,10,13,15-16H,4,6-7,9,11H2,1-3H3/t13-,15-/m1/s1. The molecule has 0 radical (unpaired) electrons. The largest absolute Gasteiger partial charge is 0.316 e. The van der Waals surface area contributed by atoms with Crippen molar-refractivity contribution in [1.29, 1.82) is 0 Å². The Labute approximate surface area is 110 Å². The molecule has 0 aliphatic heterocycles. The van der Waals surface area contributed by atoms with Crippen molar-refractivity contribution in [3.8, 4) is 0 Å². The fraction of sp³-hybridized carbons (Fsp3) is 0.667. The van der Waals surface area contributed by atoms with Gasteiger partial charge in [0, 0.05) is 38.4 Å². The highest BCUT2D eigenvalue weighted by molar-refractivity contribution is 5.09. The van der Waals surface area contributed by atoms with Gasteiger partial charge in [0.2, 0.25) is 0 Å². The molecule has 100 valence electrons. The van der Waals surface area contributed by atoms with E-state index in [0.29, 0.717) is 0 Å². The highest BCUT2D eigenvalue weighted by atomic mass is 15.3. The van der Waals surface area contributed by atoms with E-state index >= 15 is 0 Å². The van der Waals surface area contributed by atoms with Gasteiger partial charge in [0.05, 0.1) is 0 Å². The summed E-state index contributed by atoms with van der Waals surface area (Å²) in [6, 6.07) is 2.09. The molecule has 1 heterocycles. The van der Waals surface area contributed by atoms with Gasteiger partial charge < -0.3 is 5.32 Å². The van der Waals surface area contributed by atoms with Crippen molar-refractivity contribution < 1.29 is 0 Å². The van der Waals surface area contributed by atoms with Crippen molar-refractivity contribution in [2.24, 2.45) is 18.9 Å². The first-order valence-corrected chi connectivity index (χ1v) is 7.02. The van der Waals surface area contributed by atoms with Gasteiger partial charge in [-0.3, -0.25) is 4.68 Å². The maximum Gasteiger partial charge on any atom is 0.0492 e. The first kappa shape index (κ1) is 13.3. The van der Waals surface area contributed by atoms with E-state index in [9.17, 15) is 0 Å². The van der Waals surface area contributed by atoms with Crippen molar-refractivity contribution in [2.45, 2.75) is 33.1 Å². The second-order valence-electron chi connectivity index (χ2n) is 5.51. The van der Waals surface area contributed by atoms with Crippen molar-refractivity contribution in [2.75, 3.05) is 13.1 Å². The molecule has 1 aromatic rings. The summed E-state index contributed by atoms with van der Waals surface area (Å²) in [5.41, 5.74) is 2.87. The average Bonchev–Trinajstić information content (AvgIpc) is 2.73. The van der Waals surface area contributed by atoms with Crippen LogP contribution < -0.4 is 5.32 Å². The van der Waals surface area contributed by atoms with Crippen molar-refractivity contribution in [3.05, 3.63) is 29.6 Å². The molecule has 0 saturated heterocycles. The molecular formula is C15H25N3. The smallest absolute Gasteiger partial charge is 0.0492 e. The maximum absolute atomic E-state index is 4.19. The van der Waals surface area contributed by atoms with Crippen LogP contribution in [0.25, 0.3) is 0 Å². The van der Waals surface area contributed by atoms with Crippen molar-refractivity contribution in [3.63, 3.8) is 0 Å². The zero-order valence-corrected chi connectivity index (χ0v) is 11.8. The fourth-order valence-electron chi connectivity index (χ4n) is 2.86. The first-order chi connectivity index (χ1) is 8.68. The lowest BCUT2D eigenvalue weighted by Gasteiger charge is -2.29. The molecule has 0 fully saturated rings. The van der Waals surface area contributed by atoms with Crippen LogP contribution in [0, 0.1) is 11.8 Å². The van der Waals surface area contributed by atoms with E-state index in [0.717, 1.165) is 31.3 Å². The molecule has 2 rings (SSSR count). The molecule has 1 aliphatic rings. The minimum Gasteiger partial charge on any atom is -0.316 e. The van der Waals surface area contributed by atoms with Gasteiger partial charge in [-0.2, -0.15) is 5.10 Å². The Morgan fingerprint density at radius 2 is 2.33 bits per heavy atom. The summed E-state index contributed by atoms with van der Waals surface area (Å²) >= 11 is 0. The van der Waals surface area contributed by atoms with E-state index in [2.05, 4.69) is 36.4 Å². The summed E-state index contributed by atoms with van der Waals surface area (Å²) in [6.07, 6.45) is 7.93. The lowest BCUT2D eigenvalue weighted by Crippen LogP contribution is -2.31. The van der Waals surface area contributed by atoms with Crippen LogP contribution in [0.3, 0.4) is 0 Å². The van der Waals surface area contributed by atoms with Gasteiger partial charge in [-0.1, -0.05) is 18.6 Å². The highest BCUT2D eigenvalue weighted by Gasteiger charge is 2.21. The van der Waals surface area contributed by atoms with Crippen molar-refractivity contribution >= 4 is 0 Å². The molecule has 2 atom stereocenters. The van der Waals surface area contributed by atoms with Crippen LogP contribution in [0.5, 0.6) is 0 Å². The molecule has 0 amide bonds. The van der Waals surface area contributed by atoms with Crippen LogP contribution in [0.2, 0.25) is 0 Å². The summed E-state index contributed by atoms with van der Waals surface area (Å²) < 4.78 is 1.95. The normalized spacial score (nSPS) is 24.1. The number of rotatable bonds is 5. The van der Waals surface area contributed by atoms with E-state index in [1.807, 2.05) is 17.9 Å². The monoisotopic (exact) mass is 247 g/mol. The molecule has 1 aliphatic carbocycles. The van der Waals surface area contributed by atoms with Crippen LogP contribution in [0.4, 0.5) is 0 Å². The SMILES string of the molecule is CC1=CCC[C@@H](C)[C@@H]1CNCCc1ccnn1C. The zero-order valence-electron chi connectivity index (χ0n) is 11.8. The van der Waals surface area contributed by atoms with Crippen LogP contribution in [-0.2, 0) is 13.5 Å². The molecule has 3 nitrogen and oxygen atoms in total. The Morgan fingerprint density at radius 3 is 3.00 bits per heavy atom. The second kappa shape index (κ2) is 6.19. The van der Waals surface area contributed by atoms with Gasteiger partial charge in [-0.15, -0.1) is 0 Å². The third kappa shape index (κ3) is 3.22. The fourth-order valence-corrected chi connectivity index (χ4v) is 2.86. The van der Waals surface area contributed by atoms with Crippen LogP contribution in [-0.4, -0.2) is 22.9 Å². The molecule has 0 spiro atoms. The number of aromatic nitrogens is 2. The Morgan fingerprint density at radius 1 is 1.50 bits per heavy atom. The maximum atomic E-state index is 4.19. The summed E-state index contributed by atoms with van der Waals surface area (Å²) in [7, 11) is 2.01. The van der Waals surface area contributed by atoms with Crippen LogP contribution in [0.15, 0.2) is 23.9 Å². The summed E-state index contributed by atoms with van der Waals surface area (Å²) in [5, 5.41) is 7.79. The molecular weight excluding hydrogens is 222 g/mol. The third-order valence-corrected chi connectivity index (χ3v) is 4.20. The van der Waals surface area contributed by atoms with Crippen LogP contribution in [0.1, 0.15) is 32.4 Å². The van der Waals surface area contributed by atoms with Gasteiger partial charge in [-0.25, -0.2) is 0 Å². The predicted octanol–water partition coefficient (Wildman–Crippen LogP) is 2.54. The second-order valence-corrected chi connectivity index (χ2v) is 5.51. The number of allylic oxidation sites excluding steroid dienone is 1. The minimum absolute atomic E-state index is 0.727. The Balaban J connectivity index is 1.74. The lowest BCUT2D eigenvalue weighted by atomic mass is 9.80. The molecule has 3 heteroatoms. The van der Waals surface area contributed by atoms with E-state index in [-0.39, 0.29) is 0 Å². The van der Waals surface area contributed by atoms with Gasteiger partial charge in [0.1, 0.15) is 0 Å². The number of nitrogens with zero attached hydrogens (tertiary/aromatic N) is 2. The molecule has 0 saturated carbocycles. The lowest BCUT2D eigenvalue weighted by molar-refractivity contribution is 0.351. The minimum atomic E-state index is 0.727. The topological polar surface area (TPSA) is 29.9 Å². The quantitative estimate of drug-likeness (QED) is 0.640. The first-order valence-electron chi connectivity index (χ1n) is 7.02. The van der Waals surface area contributed by atoms with E-state index in [4.69, 9.17) is 0 Å². The number of aryl methyl sites for hydroxylation is 1. The predicted molar refractivity (Wildman–Crippen MR) is 75.4 cm³/mol. The van der Waals surface area contributed by atoms with E-state index < -0.39 is 0 Å². The van der Waals surface area contributed by atoms with E-state index in [1.165, 1.54) is 18.5 Å². The van der Waals surface area contributed by atoms with Gasteiger partial charge >= 0.3 is 0 Å². The van der Waals surface area contributed by atoms with Gasteiger partial charge in [-0.05, 0) is 37.7 Å². The third-order valence-electron chi connectivity index (χ3n) is 4.20. The van der Waals surface area contributed by atoms with Crippen LogP contribution >= 0.6 is 0 Å². The Bertz CT molecular complexity index is 406. The molecule has 1 N–H and O–H groups in total. The molecule has 0 bridgehead atoms. The van der Waals surface area contributed by atoms with Gasteiger partial charge in [0.25, 0.3) is 0 Å². The van der Waals surface area contributed by atoms with Crippen molar-refractivity contribution in [1.82, 2.24) is 15.1 Å². The zero-order chi connectivity index (χ0) is 13.0. The summed E-state index contributed by atoms with van der Waals surface area (Å²) in [6.45, 7) is 6.81. The number of hydrogen-bond acceptors (Lipinski definition) is 2. The highest BCUT2D eigenvalue weighted by Crippen LogP contribution is 2.29. The molecule has 0 unspecified atom stereocenters. The Kier molecular flexibility index (Phi) is 4.59. The molecule has 0 aromatic carbocycles. The number of hydrogen-bond donors (Lipinski definition) is 1. The molecule has 18 heavy (non-hydrogen) atoms. The average molecular weight is 247 g/mol. The summed E-state index contributed by atoms with van der Waals surface area (Å²) in [4.78, 5) is 0. The molecule has 1 aromatic heterocycles.